The van der Waals surface area contributed by atoms with Crippen LogP contribution in [0.4, 0.5) is 5.69 Å². The number of aryl methyl sites for hydroxylation is 2. The van der Waals surface area contributed by atoms with E-state index < -0.39 is 0 Å². The highest BCUT2D eigenvalue weighted by atomic mass is 16.3. The molecule has 2 aromatic rings. The minimum Gasteiger partial charge on any atom is -0.508 e. The molecule has 0 atom stereocenters. The molecule has 2 N–H and O–H groups in total. The number of nitrogens with one attached hydrogen (secondary N) is 1. The summed E-state index contributed by atoms with van der Waals surface area (Å²) in [5, 5.41) is 13.0. The first kappa shape index (κ1) is 11.5. The van der Waals surface area contributed by atoms with Gasteiger partial charge in [0.2, 0.25) is 0 Å². The fraction of sp³-hybridized carbons (Fsp3) is 0.214. The number of anilines is 1. The number of hydrogen-bond acceptors (Lipinski definition) is 3. The van der Waals surface area contributed by atoms with Gasteiger partial charge in [0.25, 0.3) is 0 Å². The Balaban J connectivity index is 2.12. The van der Waals surface area contributed by atoms with Gasteiger partial charge >= 0.3 is 0 Å². The fourth-order valence-electron chi connectivity index (χ4n) is 1.70. The second-order valence-corrected chi connectivity index (χ2v) is 4.18. The molecule has 3 heteroatoms. The van der Waals surface area contributed by atoms with Crippen LogP contribution in [0.2, 0.25) is 0 Å². The van der Waals surface area contributed by atoms with E-state index in [9.17, 15) is 5.11 Å². The Hall–Kier alpha value is -2.03. The zero-order valence-corrected chi connectivity index (χ0v) is 10.1. The number of aromatic nitrogens is 1. The number of phenolic OH excluding ortho intramolecular Hbond substituents is 1. The van der Waals surface area contributed by atoms with E-state index in [1.54, 1.807) is 18.5 Å². The monoisotopic (exact) mass is 228 g/mol. The van der Waals surface area contributed by atoms with E-state index in [2.05, 4.69) is 10.3 Å². The van der Waals surface area contributed by atoms with E-state index in [1.165, 1.54) is 0 Å². The molecule has 0 bridgehead atoms. The summed E-state index contributed by atoms with van der Waals surface area (Å²) in [7, 11) is 0. The number of aromatic hydroxyl groups is 1. The van der Waals surface area contributed by atoms with Gasteiger partial charge in [0.05, 0.1) is 11.9 Å². The predicted octanol–water partition coefficient (Wildman–Crippen LogP) is 3.02. The van der Waals surface area contributed by atoms with Crippen LogP contribution >= 0.6 is 0 Å². The van der Waals surface area contributed by atoms with Crippen LogP contribution in [0.15, 0.2) is 36.7 Å². The summed E-state index contributed by atoms with van der Waals surface area (Å²) in [6, 6.07) is 7.56. The van der Waals surface area contributed by atoms with Crippen LogP contribution in [0.1, 0.15) is 16.7 Å². The summed E-state index contributed by atoms with van der Waals surface area (Å²) in [6.07, 6.45) is 3.56. The largest absolute Gasteiger partial charge is 0.508 e. The minimum atomic E-state index is 0.324. The van der Waals surface area contributed by atoms with Crippen molar-refractivity contribution in [2.75, 3.05) is 5.32 Å². The summed E-state index contributed by atoms with van der Waals surface area (Å²) < 4.78 is 0. The maximum atomic E-state index is 9.73. The third kappa shape index (κ3) is 2.75. The molecule has 0 fully saturated rings. The molecule has 3 nitrogen and oxygen atoms in total. The minimum absolute atomic E-state index is 0.324. The van der Waals surface area contributed by atoms with E-state index in [0.717, 1.165) is 22.4 Å². The molecule has 2 rings (SSSR count). The Kier molecular flexibility index (Phi) is 3.28. The molecule has 0 spiro atoms. The second kappa shape index (κ2) is 4.87. The van der Waals surface area contributed by atoms with Crippen LogP contribution in [0.5, 0.6) is 5.75 Å². The first-order chi connectivity index (χ1) is 8.16. The number of phenols is 1. The van der Waals surface area contributed by atoms with Gasteiger partial charge in [-0.15, -0.1) is 0 Å². The van der Waals surface area contributed by atoms with Crippen molar-refractivity contribution in [3.63, 3.8) is 0 Å². The maximum absolute atomic E-state index is 9.73. The molecular formula is C14H16N2O. The number of hydrogen-bond donors (Lipinski definition) is 2. The van der Waals surface area contributed by atoms with Crippen molar-refractivity contribution in [2.24, 2.45) is 0 Å². The normalized spacial score (nSPS) is 10.2. The summed E-state index contributed by atoms with van der Waals surface area (Å²) in [5.41, 5.74) is 4.18. The molecule has 0 amide bonds. The zero-order valence-electron chi connectivity index (χ0n) is 10.1. The first-order valence-corrected chi connectivity index (χ1v) is 5.60. The predicted molar refractivity (Wildman–Crippen MR) is 69.1 cm³/mol. The van der Waals surface area contributed by atoms with Crippen LogP contribution < -0.4 is 5.32 Å². The van der Waals surface area contributed by atoms with Crippen molar-refractivity contribution in [1.29, 1.82) is 0 Å². The van der Waals surface area contributed by atoms with Gasteiger partial charge in [-0.3, -0.25) is 4.98 Å². The van der Waals surface area contributed by atoms with E-state index in [0.29, 0.717) is 12.3 Å². The second-order valence-electron chi connectivity index (χ2n) is 4.18. The van der Waals surface area contributed by atoms with Crippen LogP contribution in [-0.4, -0.2) is 10.1 Å². The summed E-state index contributed by atoms with van der Waals surface area (Å²) >= 11 is 0. The van der Waals surface area contributed by atoms with Gasteiger partial charge in [-0.05, 0) is 31.5 Å². The molecule has 0 radical (unpaired) electrons. The van der Waals surface area contributed by atoms with Crippen molar-refractivity contribution in [2.45, 2.75) is 20.4 Å². The third-order valence-electron chi connectivity index (χ3n) is 2.74. The molecule has 0 aliphatic heterocycles. The fourth-order valence-corrected chi connectivity index (χ4v) is 1.70. The lowest BCUT2D eigenvalue weighted by atomic mass is 10.1. The Morgan fingerprint density at radius 1 is 1.24 bits per heavy atom. The lowest BCUT2D eigenvalue weighted by Gasteiger charge is -2.10. The summed E-state index contributed by atoms with van der Waals surface area (Å²) in [4.78, 5) is 4.07. The van der Waals surface area contributed by atoms with Crippen LogP contribution in [0, 0.1) is 13.8 Å². The average molecular weight is 228 g/mol. The van der Waals surface area contributed by atoms with Gasteiger partial charge in [-0.1, -0.05) is 17.7 Å². The molecule has 0 unspecified atom stereocenters. The SMILES string of the molecule is Cc1ccc(O)c(CNc2cnccc2C)c1. The molecule has 1 aromatic heterocycles. The van der Waals surface area contributed by atoms with E-state index in [-0.39, 0.29) is 0 Å². The lowest BCUT2D eigenvalue weighted by Crippen LogP contribution is -2.02. The first-order valence-electron chi connectivity index (χ1n) is 5.60. The van der Waals surface area contributed by atoms with Crippen LogP contribution in [-0.2, 0) is 6.54 Å². The average Bonchev–Trinajstić information content (AvgIpc) is 2.32. The standard InChI is InChI=1S/C14H16N2O/c1-10-3-4-14(17)12(7-10)8-16-13-9-15-6-5-11(13)2/h3-7,9,16-17H,8H2,1-2H3. The van der Waals surface area contributed by atoms with E-state index >= 15 is 0 Å². The van der Waals surface area contributed by atoms with Crippen molar-refractivity contribution in [3.05, 3.63) is 53.3 Å². The van der Waals surface area contributed by atoms with Crippen LogP contribution in [0.25, 0.3) is 0 Å². The molecule has 0 aliphatic carbocycles. The topological polar surface area (TPSA) is 45.1 Å². The number of rotatable bonds is 3. The maximum Gasteiger partial charge on any atom is 0.120 e. The number of benzene rings is 1. The highest BCUT2D eigenvalue weighted by Gasteiger charge is 2.02. The third-order valence-corrected chi connectivity index (χ3v) is 2.74. The van der Waals surface area contributed by atoms with Crippen molar-refractivity contribution in [3.8, 4) is 5.75 Å². The summed E-state index contributed by atoms with van der Waals surface area (Å²) in [6.45, 7) is 4.64. The number of pyridine rings is 1. The van der Waals surface area contributed by atoms with Gasteiger partial charge < -0.3 is 10.4 Å². The van der Waals surface area contributed by atoms with Gasteiger partial charge in [-0.25, -0.2) is 0 Å². The van der Waals surface area contributed by atoms with Crippen LogP contribution in [0.3, 0.4) is 0 Å². The van der Waals surface area contributed by atoms with Gasteiger partial charge in [-0.2, -0.15) is 0 Å². The highest BCUT2D eigenvalue weighted by molar-refractivity contribution is 5.49. The Morgan fingerprint density at radius 3 is 2.82 bits per heavy atom. The number of nitrogens with zero attached hydrogens (tertiary/aromatic N) is 1. The Labute approximate surface area is 101 Å². The smallest absolute Gasteiger partial charge is 0.120 e. The van der Waals surface area contributed by atoms with E-state index in [1.807, 2.05) is 32.0 Å². The quantitative estimate of drug-likeness (QED) is 0.848. The molecule has 0 saturated carbocycles. The van der Waals surface area contributed by atoms with Gasteiger partial charge in [0.15, 0.2) is 0 Å². The highest BCUT2D eigenvalue weighted by Crippen LogP contribution is 2.20. The molecule has 1 aromatic carbocycles. The zero-order chi connectivity index (χ0) is 12.3. The Morgan fingerprint density at radius 2 is 2.06 bits per heavy atom. The summed E-state index contributed by atoms with van der Waals surface area (Å²) in [5.74, 6) is 0.324. The molecule has 0 aliphatic rings. The van der Waals surface area contributed by atoms with Crippen molar-refractivity contribution < 1.29 is 5.11 Å². The van der Waals surface area contributed by atoms with E-state index in [4.69, 9.17) is 0 Å². The lowest BCUT2D eigenvalue weighted by molar-refractivity contribution is 0.469. The van der Waals surface area contributed by atoms with Gasteiger partial charge in [0, 0.05) is 18.3 Å². The molecule has 1 heterocycles. The van der Waals surface area contributed by atoms with Gasteiger partial charge in [0.1, 0.15) is 5.75 Å². The molecule has 0 saturated heterocycles. The van der Waals surface area contributed by atoms with Crippen molar-refractivity contribution in [1.82, 2.24) is 4.98 Å². The molecule has 17 heavy (non-hydrogen) atoms. The molecular weight excluding hydrogens is 212 g/mol. The molecule has 88 valence electrons. The van der Waals surface area contributed by atoms with Crippen molar-refractivity contribution >= 4 is 5.69 Å². The Bertz CT molecular complexity index is 523.